The van der Waals surface area contributed by atoms with Gasteiger partial charge in [0.15, 0.2) is 6.61 Å². The van der Waals surface area contributed by atoms with E-state index in [1.807, 2.05) is 36.4 Å². The van der Waals surface area contributed by atoms with Crippen LogP contribution in [0.1, 0.15) is 30.9 Å². The van der Waals surface area contributed by atoms with Crippen molar-refractivity contribution in [3.63, 3.8) is 0 Å². The molecule has 0 radical (unpaired) electrons. The van der Waals surface area contributed by atoms with Crippen LogP contribution in [-0.4, -0.2) is 6.61 Å². The summed E-state index contributed by atoms with van der Waals surface area (Å²) < 4.78 is 5.32. The summed E-state index contributed by atoms with van der Waals surface area (Å²) in [5.41, 5.74) is 3.61. The molecule has 2 aromatic rings. The zero-order valence-electron chi connectivity index (χ0n) is 12.5. The van der Waals surface area contributed by atoms with E-state index in [1.165, 1.54) is 5.56 Å². The van der Waals surface area contributed by atoms with Crippen LogP contribution >= 0.6 is 0 Å². The van der Waals surface area contributed by atoms with Crippen LogP contribution in [0.5, 0.6) is 5.75 Å². The lowest BCUT2D eigenvalue weighted by Gasteiger charge is -2.15. The fourth-order valence-corrected chi connectivity index (χ4v) is 2.22. The first kappa shape index (κ1) is 14.9. The molecule has 0 saturated heterocycles. The topological polar surface area (TPSA) is 45.0 Å². The number of nitrogens with one attached hydrogen (secondary N) is 1. The molecule has 0 spiro atoms. The number of hydrogen-bond donors (Lipinski definition) is 1. The van der Waals surface area contributed by atoms with E-state index in [0.717, 1.165) is 23.5 Å². The number of para-hydroxylation sites is 1. The molecule has 21 heavy (non-hydrogen) atoms. The Balaban J connectivity index is 2.05. The van der Waals surface area contributed by atoms with Gasteiger partial charge in [-0.25, -0.2) is 0 Å². The van der Waals surface area contributed by atoms with Crippen LogP contribution < -0.4 is 10.1 Å². The van der Waals surface area contributed by atoms with Crippen molar-refractivity contribution in [1.82, 2.24) is 0 Å². The molecule has 0 aliphatic rings. The monoisotopic (exact) mass is 280 g/mol. The number of ether oxygens (including phenoxy) is 1. The smallest absolute Gasteiger partial charge is 0.174 e. The average Bonchev–Trinajstić information content (AvgIpc) is 2.51. The van der Waals surface area contributed by atoms with Crippen molar-refractivity contribution in [1.29, 1.82) is 5.26 Å². The second-order valence-corrected chi connectivity index (χ2v) is 5.19. The summed E-state index contributed by atoms with van der Waals surface area (Å²) in [6.07, 6.45) is 0. The minimum absolute atomic E-state index is 0.0765. The molecule has 0 heterocycles. The maximum absolute atomic E-state index is 8.54. The van der Waals surface area contributed by atoms with Crippen molar-refractivity contribution in [2.45, 2.75) is 26.3 Å². The average molecular weight is 280 g/mol. The molecule has 108 valence electrons. The van der Waals surface area contributed by atoms with Crippen LogP contribution in [0.2, 0.25) is 0 Å². The molecule has 0 amide bonds. The standard InChI is InChI=1S/C18H20N2O/c1-14(2)17-8-3-4-9-18(17)20-13-15-6-5-7-16(12-15)21-11-10-19/h3-9,12,14,20H,11,13H2,1-2H3. The van der Waals surface area contributed by atoms with E-state index in [9.17, 15) is 0 Å². The van der Waals surface area contributed by atoms with Crippen molar-refractivity contribution >= 4 is 5.69 Å². The van der Waals surface area contributed by atoms with Crippen molar-refractivity contribution in [2.75, 3.05) is 11.9 Å². The third-order valence-corrected chi connectivity index (χ3v) is 3.27. The molecule has 0 aromatic heterocycles. The van der Waals surface area contributed by atoms with E-state index in [4.69, 9.17) is 10.00 Å². The minimum atomic E-state index is 0.0765. The molecule has 0 aliphatic carbocycles. The molecule has 2 rings (SSSR count). The zero-order valence-corrected chi connectivity index (χ0v) is 12.5. The van der Waals surface area contributed by atoms with Gasteiger partial charge in [-0.15, -0.1) is 0 Å². The van der Waals surface area contributed by atoms with Crippen LogP contribution in [0.4, 0.5) is 5.69 Å². The van der Waals surface area contributed by atoms with Crippen LogP contribution in [0.3, 0.4) is 0 Å². The largest absolute Gasteiger partial charge is 0.479 e. The molecule has 2 aromatic carbocycles. The van der Waals surface area contributed by atoms with Crippen LogP contribution in [-0.2, 0) is 6.54 Å². The van der Waals surface area contributed by atoms with Crippen molar-refractivity contribution in [3.8, 4) is 11.8 Å². The molecule has 0 aliphatic heterocycles. The fourth-order valence-electron chi connectivity index (χ4n) is 2.22. The Kier molecular flexibility index (Phi) is 5.22. The van der Waals surface area contributed by atoms with Crippen LogP contribution in [0, 0.1) is 11.3 Å². The second kappa shape index (κ2) is 7.35. The van der Waals surface area contributed by atoms with Gasteiger partial charge in [0.2, 0.25) is 0 Å². The number of rotatable bonds is 6. The first-order valence-electron chi connectivity index (χ1n) is 7.12. The number of nitrogens with zero attached hydrogens (tertiary/aromatic N) is 1. The van der Waals surface area contributed by atoms with Gasteiger partial charge >= 0.3 is 0 Å². The lowest BCUT2D eigenvalue weighted by atomic mass is 10.0. The van der Waals surface area contributed by atoms with Gasteiger partial charge in [-0.05, 0) is 35.2 Å². The SMILES string of the molecule is CC(C)c1ccccc1NCc1cccc(OCC#N)c1. The summed E-state index contributed by atoms with van der Waals surface area (Å²) in [5.74, 6) is 1.21. The summed E-state index contributed by atoms with van der Waals surface area (Å²) in [5, 5.41) is 12.0. The number of anilines is 1. The molecule has 0 fully saturated rings. The molecular weight excluding hydrogens is 260 g/mol. The zero-order chi connectivity index (χ0) is 15.1. The Bertz CT molecular complexity index is 629. The highest BCUT2D eigenvalue weighted by atomic mass is 16.5. The summed E-state index contributed by atoms with van der Waals surface area (Å²) >= 11 is 0. The lowest BCUT2D eigenvalue weighted by Crippen LogP contribution is -2.03. The first-order chi connectivity index (χ1) is 10.2. The van der Waals surface area contributed by atoms with E-state index in [-0.39, 0.29) is 6.61 Å². The maximum Gasteiger partial charge on any atom is 0.174 e. The van der Waals surface area contributed by atoms with Gasteiger partial charge in [-0.2, -0.15) is 5.26 Å². The van der Waals surface area contributed by atoms with Crippen molar-refractivity contribution in [3.05, 3.63) is 59.7 Å². The van der Waals surface area contributed by atoms with Gasteiger partial charge in [0.25, 0.3) is 0 Å². The molecular formula is C18H20N2O. The van der Waals surface area contributed by atoms with Crippen LogP contribution in [0.15, 0.2) is 48.5 Å². The predicted octanol–water partition coefficient (Wildman–Crippen LogP) is 4.32. The first-order valence-corrected chi connectivity index (χ1v) is 7.12. The molecule has 0 atom stereocenters. The van der Waals surface area contributed by atoms with E-state index in [2.05, 4.69) is 37.4 Å². The highest BCUT2D eigenvalue weighted by Crippen LogP contribution is 2.24. The van der Waals surface area contributed by atoms with Crippen molar-refractivity contribution < 1.29 is 4.74 Å². The fraction of sp³-hybridized carbons (Fsp3) is 0.278. The quantitative estimate of drug-likeness (QED) is 0.856. The number of nitriles is 1. The minimum Gasteiger partial charge on any atom is -0.479 e. The normalized spacial score (nSPS) is 10.2. The van der Waals surface area contributed by atoms with Gasteiger partial charge in [-0.3, -0.25) is 0 Å². The van der Waals surface area contributed by atoms with Crippen LogP contribution in [0.25, 0.3) is 0 Å². The Labute approximate surface area is 126 Å². The Morgan fingerprint density at radius 3 is 2.71 bits per heavy atom. The summed E-state index contributed by atoms with van der Waals surface area (Å²) in [7, 11) is 0. The molecule has 0 saturated carbocycles. The van der Waals surface area contributed by atoms with Gasteiger partial charge in [0.05, 0.1) is 0 Å². The lowest BCUT2D eigenvalue weighted by molar-refractivity contribution is 0.368. The highest BCUT2D eigenvalue weighted by Gasteiger charge is 2.05. The summed E-state index contributed by atoms with van der Waals surface area (Å²) in [4.78, 5) is 0. The van der Waals surface area contributed by atoms with Gasteiger partial charge in [-0.1, -0.05) is 44.2 Å². The molecule has 3 nitrogen and oxygen atoms in total. The number of hydrogen-bond acceptors (Lipinski definition) is 3. The van der Waals surface area contributed by atoms with Gasteiger partial charge in [0, 0.05) is 12.2 Å². The molecule has 0 unspecified atom stereocenters. The highest BCUT2D eigenvalue weighted by molar-refractivity contribution is 5.53. The summed E-state index contributed by atoms with van der Waals surface area (Å²) in [6.45, 7) is 5.19. The third kappa shape index (κ3) is 4.25. The van der Waals surface area contributed by atoms with Gasteiger partial charge in [0.1, 0.15) is 11.8 Å². The Hall–Kier alpha value is -2.47. The third-order valence-electron chi connectivity index (χ3n) is 3.27. The Morgan fingerprint density at radius 2 is 1.95 bits per heavy atom. The van der Waals surface area contributed by atoms with E-state index in [0.29, 0.717) is 5.92 Å². The predicted molar refractivity (Wildman–Crippen MR) is 85.4 cm³/mol. The molecule has 1 N–H and O–H groups in total. The summed E-state index contributed by atoms with van der Waals surface area (Å²) in [6, 6.07) is 18.2. The second-order valence-electron chi connectivity index (χ2n) is 5.19. The Morgan fingerprint density at radius 1 is 1.14 bits per heavy atom. The molecule has 3 heteroatoms. The molecule has 0 bridgehead atoms. The van der Waals surface area contributed by atoms with E-state index in [1.54, 1.807) is 0 Å². The van der Waals surface area contributed by atoms with Gasteiger partial charge < -0.3 is 10.1 Å². The van der Waals surface area contributed by atoms with Crippen molar-refractivity contribution in [2.24, 2.45) is 0 Å². The van der Waals surface area contributed by atoms with E-state index < -0.39 is 0 Å². The van der Waals surface area contributed by atoms with E-state index >= 15 is 0 Å². The maximum atomic E-state index is 8.54. The number of benzene rings is 2.